The number of urea groups is 1. The van der Waals surface area contributed by atoms with E-state index >= 15 is 0 Å². The number of carbonyl (C=O) groups is 2. The third-order valence-electron chi connectivity index (χ3n) is 2.22. The highest BCUT2D eigenvalue weighted by Gasteiger charge is 2.47. The number of nitrogens with one attached hydrogen (secondary N) is 2. The van der Waals surface area contributed by atoms with Gasteiger partial charge in [-0.25, -0.2) is 4.79 Å². The maximum atomic E-state index is 11.9. The van der Waals surface area contributed by atoms with Crippen molar-refractivity contribution in [2.24, 2.45) is 0 Å². The molecule has 0 aromatic carbocycles. The summed E-state index contributed by atoms with van der Waals surface area (Å²) >= 11 is -1.18. The first-order chi connectivity index (χ1) is 6.65. The maximum Gasteiger partial charge on any atom is 0.322 e. The van der Waals surface area contributed by atoms with Crippen LogP contribution in [0, 0.1) is 0 Å². The zero-order valence-electron chi connectivity index (χ0n) is 9.34. The Morgan fingerprint density at radius 3 is 2.27 bits per heavy atom. The van der Waals surface area contributed by atoms with Crippen LogP contribution in [0.25, 0.3) is 0 Å². The van der Waals surface area contributed by atoms with Crippen LogP contribution in [0.15, 0.2) is 0 Å². The van der Waals surface area contributed by atoms with E-state index in [1.165, 1.54) is 0 Å². The number of hydrogen-bond donors (Lipinski definition) is 2. The van der Waals surface area contributed by atoms with E-state index in [0.717, 1.165) is 0 Å². The predicted octanol–water partition coefficient (Wildman–Crippen LogP) is 0.132. The molecule has 0 aliphatic carbocycles. The van der Waals surface area contributed by atoms with Crippen LogP contribution >= 0.6 is 0 Å². The van der Waals surface area contributed by atoms with Crippen molar-refractivity contribution in [3.63, 3.8) is 0 Å². The smallest absolute Gasteiger partial charge is 0.322 e. The van der Waals surface area contributed by atoms with Gasteiger partial charge in [-0.15, -0.1) is 0 Å². The molecule has 5 nitrogen and oxygen atoms in total. The molecular formula is C9H16N2O3S. The Hall–Kier alpha value is -0.750. The number of imide groups is 1. The molecule has 6 heteroatoms. The van der Waals surface area contributed by atoms with Crippen LogP contribution in [0.1, 0.15) is 27.7 Å². The second kappa shape index (κ2) is 3.68. The fourth-order valence-corrected chi connectivity index (χ4v) is 2.32. The third kappa shape index (κ3) is 2.63. The zero-order valence-corrected chi connectivity index (χ0v) is 10.2. The molecular weight excluding hydrogens is 216 g/mol. The predicted molar refractivity (Wildman–Crippen MR) is 57.8 cm³/mol. The molecule has 1 aliphatic rings. The van der Waals surface area contributed by atoms with Gasteiger partial charge in [0.1, 0.15) is 10.5 Å². The lowest BCUT2D eigenvalue weighted by Crippen LogP contribution is -2.52. The van der Waals surface area contributed by atoms with E-state index in [4.69, 9.17) is 0 Å². The highest BCUT2D eigenvalue weighted by Crippen LogP contribution is 2.22. The second-order valence-electron chi connectivity index (χ2n) is 4.84. The highest BCUT2D eigenvalue weighted by atomic mass is 32.2. The topological polar surface area (TPSA) is 81.3 Å². The van der Waals surface area contributed by atoms with Crippen LogP contribution in [0.2, 0.25) is 0 Å². The SMILES string of the molecule is CC(C)(C)[S+]([O-])C[C@@]1(C)NC(=O)NC1=O. The minimum absolute atomic E-state index is 0.133. The minimum Gasteiger partial charge on any atom is -0.616 e. The molecule has 1 fully saturated rings. The normalized spacial score (nSPS) is 28.6. The van der Waals surface area contributed by atoms with E-state index in [2.05, 4.69) is 10.6 Å². The molecule has 1 heterocycles. The van der Waals surface area contributed by atoms with Crippen molar-refractivity contribution >= 4 is 23.1 Å². The van der Waals surface area contributed by atoms with E-state index in [-0.39, 0.29) is 5.75 Å². The summed E-state index contributed by atoms with van der Waals surface area (Å²) in [6, 6.07) is -0.520. The minimum atomic E-state index is -1.18. The average Bonchev–Trinajstić information content (AvgIpc) is 2.23. The Kier molecular flexibility index (Phi) is 3.02. The second-order valence-corrected chi connectivity index (χ2v) is 7.05. The molecule has 0 radical (unpaired) electrons. The zero-order chi connectivity index (χ0) is 11.9. The molecule has 15 heavy (non-hydrogen) atoms. The molecule has 1 saturated heterocycles. The Morgan fingerprint density at radius 1 is 1.40 bits per heavy atom. The standard InChI is InChI=1S/C9H16N2O3S/c1-8(2,3)15(14)5-9(4)6(12)10-7(13)11-9/h5H2,1-4H3,(H2,10,11,12,13)/t9-,15?/m1/s1. The fraction of sp³-hybridized carbons (Fsp3) is 0.778. The molecule has 0 bridgehead atoms. The van der Waals surface area contributed by atoms with E-state index < -0.39 is 33.4 Å². The lowest BCUT2D eigenvalue weighted by molar-refractivity contribution is -0.122. The summed E-state index contributed by atoms with van der Waals surface area (Å²) in [5.74, 6) is -0.279. The summed E-state index contributed by atoms with van der Waals surface area (Å²) in [4.78, 5) is 22.4. The van der Waals surface area contributed by atoms with Crippen LogP contribution in [0.4, 0.5) is 4.79 Å². The van der Waals surface area contributed by atoms with E-state index in [0.29, 0.717) is 0 Å². The lowest BCUT2D eigenvalue weighted by Gasteiger charge is -2.29. The molecule has 3 amide bonds. The number of rotatable bonds is 2. The Balaban J connectivity index is 2.73. The summed E-state index contributed by atoms with van der Waals surface area (Å²) in [6.07, 6.45) is 0. The summed E-state index contributed by atoms with van der Waals surface area (Å²) in [6.45, 7) is 7.08. The van der Waals surface area contributed by atoms with Crippen molar-refractivity contribution in [3.05, 3.63) is 0 Å². The van der Waals surface area contributed by atoms with Gasteiger partial charge in [0.15, 0.2) is 5.54 Å². The van der Waals surface area contributed by atoms with Gasteiger partial charge in [0, 0.05) is 0 Å². The largest absolute Gasteiger partial charge is 0.616 e. The maximum absolute atomic E-state index is 11.9. The Morgan fingerprint density at radius 2 is 1.93 bits per heavy atom. The monoisotopic (exact) mass is 232 g/mol. The number of hydrogen-bond acceptors (Lipinski definition) is 3. The van der Waals surface area contributed by atoms with Crippen LogP contribution in [0.5, 0.6) is 0 Å². The van der Waals surface area contributed by atoms with Gasteiger partial charge in [0.2, 0.25) is 0 Å². The van der Waals surface area contributed by atoms with Crippen molar-refractivity contribution in [3.8, 4) is 0 Å². The molecule has 1 aliphatic heterocycles. The van der Waals surface area contributed by atoms with Crippen LogP contribution in [-0.4, -0.2) is 32.5 Å². The third-order valence-corrected chi connectivity index (χ3v) is 4.43. The van der Waals surface area contributed by atoms with Crippen molar-refractivity contribution in [1.29, 1.82) is 0 Å². The summed E-state index contributed by atoms with van der Waals surface area (Å²) in [5, 5.41) is 4.63. The molecule has 0 aromatic heterocycles. The lowest BCUT2D eigenvalue weighted by atomic mass is 10.1. The molecule has 0 spiro atoms. The quantitative estimate of drug-likeness (QED) is 0.524. The van der Waals surface area contributed by atoms with Crippen molar-refractivity contribution in [2.45, 2.75) is 38.0 Å². The molecule has 86 valence electrons. The Bertz CT molecular complexity index is 300. The van der Waals surface area contributed by atoms with Gasteiger partial charge in [-0.2, -0.15) is 0 Å². The number of amides is 3. The van der Waals surface area contributed by atoms with Crippen molar-refractivity contribution < 1.29 is 14.1 Å². The molecule has 1 unspecified atom stereocenters. The Labute approximate surface area is 92.2 Å². The molecule has 1 rings (SSSR count). The van der Waals surface area contributed by atoms with Gasteiger partial charge in [0.05, 0.1) is 0 Å². The molecule has 0 saturated carbocycles. The van der Waals surface area contributed by atoms with Crippen LogP contribution in [0.3, 0.4) is 0 Å². The molecule has 2 N–H and O–H groups in total. The van der Waals surface area contributed by atoms with Gasteiger partial charge in [-0.3, -0.25) is 10.1 Å². The van der Waals surface area contributed by atoms with Gasteiger partial charge in [-0.1, -0.05) is 0 Å². The molecule has 2 atom stereocenters. The van der Waals surface area contributed by atoms with Gasteiger partial charge < -0.3 is 9.87 Å². The highest BCUT2D eigenvalue weighted by molar-refractivity contribution is 7.92. The van der Waals surface area contributed by atoms with Crippen molar-refractivity contribution in [1.82, 2.24) is 10.6 Å². The summed E-state index contributed by atoms with van der Waals surface area (Å²) < 4.78 is 11.5. The van der Waals surface area contributed by atoms with Crippen molar-refractivity contribution in [2.75, 3.05) is 5.75 Å². The first-order valence-corrected chi connectivity index (χ1v) is 5.99. The first kappa shape index (κ1) is 12.3. The first-order valence-electron chi connectivity index (χ1n) is 4.67. The van der Waals surface area contributed by atoms with Crippen LogP contribution < -0.4 is 10.6 Å². The van der Waals surface area contributed by atoms with Gasteiger partial charge in [0.25, 0.3) is 5.91 Å². The summed E-state index contributed by atoms with van der Waals surface area (Å²) in [7, 11) is 0. The van der Waals surface area contributed by atoms with E-state index in [1.54, 1.807) is 6.92 Å². The van der Waals surface area contributed by atoms with E-state index in [9.17, 15) is 14.1 Å². The van der Waals surface area contributed by atoms with Gasteiger partial charge >= 0.3 is 6.03 Å². The average molecular weight is 232 g/mol. The number of carbonyl (C=O) groups excluding carboxylic acids is 2. The van der Waals surface area contributed by atoms with Crippen LogP contribution in [-0.2, 0) is 16.0 Å². The summed E-state index contributed by atoms with van der Waals surface area (Å²) in [5.41, 5.74) is -1.05. The fourth-order valence-electron chi connectivity index (χ4n) is 1.16. The van der Waals surface area contributed by atoms with Gasteiger partial charge in [-0.05, 0) is 38.9 Å². The van der Waals surface area contributed by atoms with E-state index in [1.807, 2.05) is 20.8 Å². The molecule has 0 aromatic rings.